The smallest absolute Gasteiger partial charge is 0.277 e. The Morgan fingerprint density at radius 2 is 2.07 bits per heavy atom. The molecule has 0 bridgehead atoms. The molecule has 1 aliphatic carbocycles. The molecular weight excluding hydrogens is 366 g/mol. The number of carbonyl (C=O) groups excluding carboxylic acids is 1. The number of rotatable bonds is 4. The molecule has 4 rings (SSSR count). The molecule has 3 heterocycles. The number of fused-ring (bicyclic) bond motifs is 1. The maximum absolute atomic E-state index is 13.0. The molecule has 2 aromatic rings. The number of aryl methyl sites for hydroxylation is 1. The van der Waals surface area contributed by atoms with Crippen molar-refractivity contribution in [3.8, 4) is 0 Å². The fourth-order valence-corrected chi connectivity index (χ4v) is 5.22. The first kappa shape index (κ1) is 18.5. The van der Waals surface area contributed by atoms with E-state index in [0.29, 0.717) is 35.7 Å². The molecule has 8 nitrogen and oxygen atoms in total. The Labute approximate surface area is 161 Å². The lowest BCUT2D eigenvalue weighted by molar-refractivity contribution is -0.153. The molecule has 1 saturated heterocycles. The van der Waals surface area contributed by atoms with E-state index in [4.69, 9.17) is 0 Å². The van der Waals surface area contributed by atoms with Crippen LogP contribution < -0.4 is 5.56 Å². The van der Waals surface area contributed by atoms with E-state index in [1.54, 1.807) is 27.5 Å². The number of likely N-dealkylation sites (tertiary alicyclic amines) is 1. The summed E-state index contributed by atoms with van der Waals surface area (Å²) in [5.41, 5.74) is -0.976. The monoisotopic (exact) mass is 391 g/mol. The highest BCUT2D eigenvalue weighted by Gasteiger charge is 2.55. The van der Waals surface area contributed by atoms with Crippen molar-refractivity contribution in [2.45, 2.75) is 49.4 Å². The van der Waals surface area contributed by atoms with Crippen molar-refractivity contribution in [1.29, 1.82) is 0 Å². The quantitative estimate of drug-likeness (QED) is 0.475. The Morgan fingerprint density at radius 1 is 1.33 bits per heavy atom. The molecule has 1 amide bonds. The first-order valence-electron chi connectivity index (χ1n) is 9.31. The average molecular weight is 391 g/mol. The Kier molecular flexibility index (Phi) is 4.54. The maximum Gasteiger partial charge on any atom is 0.277 e. The molecule has 9 heteroatoms. The van der Waals surface area contributed by atoms with Crippen LogP contribution in [0.3, 0.4) is 0 Å². The van der Waals surface area contributed by atoms with Crippen molar-refractivity contribution in [2.75, 3.05) is 19.3 Å². The second-order valence-corrected chi connectivity index (χ2v) is 8.60. The third-order valence-corrected chi connectivity index (χ3v) is 7.05. The van der Waals surface area contributed by atoms with E-state index in [0.717, 1.165) is 32.1 Å². The molecule has 2 aliphatic rings. The first-order chi connectivity index (χ1) is 12.9. The van der Waals surface area contributed by atoms with Crippen LogP contribution in [-0.2, 0) is 18.4 Å². The third kappa shape index (κ3) is 2.79. The molecule has 1 aliphatic heterocycles. The molecule has 0 radical (unpaired) electrons. The summed E-state index contributed by atoms with van der Waals surface area (Å²) in [5.74, 6) is 0. The van der Waals surface area contributed by atoms with Crippen LogP contribution in [0.1, 0.15) is 32.1 Å². The zero-order chi connectivity index (χ0) is 19.2. The fraction of sp³-hybridized carbons (Fsp3) is 0.667. The van der Waals surface area contributed by atoms with E-state index in [1.807, 2.05) is 6.26 Å². The van der Waals surface area contributed by atoms with Gasteiger partial charge >= 0.3 is 0 Å². The van der Waals surface area contributed by atoms with E-state index in [9.17, 15) is 14.7 Å². The molecule has 1 saturated carbocycles. The summed E-state index contributed by atoms with van der Waals surface area (Å²) >= 11 is 1.43. The molecule has 1 atom stereocenters. The minimum Gasteiger partial charge on any atom is -0.387 e. The summed E-state index contributed by atoms with van der Waals surface area (Å²) < 4.78 is 3.31. The van der Waals surface area contributed by atoms with Crippen LogP contribution in [0.25, 0.3) is 11.0 Å². The largest absolute Gasteiger partial charge is 0.387 e. The number of hydrogen-bond acceptors (Lipinski definition) is 6. The van der Waals surface area contributed by atoms with Crippen LogP contribution in [0, 0.1) is 5.41 Å². The van der Waals surface area contributed by atoms with Gasteiger partial charge in [-0.15, -0.1) is 0 Å². The Balaban J connectivity index is 1.76. The first-order valence-corrected chi connectivity index (χ1v) is 10.5. The Bertz CT molecular complexity index is 933. The van der Waals surface area contributed by atoms with Gasteiger partial charge in [-0.2, -0.15) is 0 Å². The van der Waals surface area contributed by atoms with Crippen LogP contribution >= 0.6 is 11.8 Å². The minimum atomic E-state index is -1.02. The van der Waals surface area contributed by atoms with E-state index in [-0.39, 0.29) is 17.5 Å². The van der Waals surface area contributed by atoms with Crippen molar-refractivity contribution in [1.82, 2.24) is 24.2 Å². The summed E-state index contributed by atoms with van der Waals surface area (Å²) in [6.07, 6.45) is 8.65. The van der Waals surface area contributed by atoms with Gasteiger partial charge < -0.3 is 10.0 Å². The standard InChI is InChI=1S/C18H25N5O3S/c1-21-14-13(9-19-16(20-14)27-2)15(25)23(21)11-18(26)7-8-22(12-24)10-17(18)5-3-4-6-17/h9,12,26H,3-8,10-11H2,1-2H3. The van der Waals surface area contributed by atoms with Crippen LogP contribution in [0.5, 0.6) is 0 Å². The Morgan fingerprint density at radius 3 is 2.74 bits per heavy atom. The van der Waals surface area contributed by atoms with Crippen molar-refractivity contribution in [2.24, 2.45) is 12.5 Å². The van der Waals surface area contributed by atoms with E-state index >= 15 is 0 Å². The van der Waals surface area contributed by atoms with Gasteiger partial charge in [-0.05, 0) is 25.5 Å². The third-order valence-electron chi connectivity index (χ3n) is 6.49. The minimum absolute atomic E-state index is 0.181. The maximum atomic E-state index is 13.0. The van der Waals surface area contributed by atoms with E-state index in [1.165, 1.54) is 11.8 Å². The van der Waals surface area contributed by atoms with Gasteiger partial charge in [0.25, 0.3) is 5.56 Å². The average Bonchev–Trinajstić information content (AvgIpc) is 3.24. The molecular formula is C18H25N5O3S. The number of piperidine rings is 1. The highest BCUT2D eigenvalue weighted by Crippen LogP contribution is 2.51. The summed E-state index contributed by atoms with van der Waals surface area (Å²) in [5, 5.41) is 12.8. The van der Waals surface area contributed by atoms with Crippen molar-refractivity contribution in [3.05, 3.63) is 16.6 Å². The predicted octanol–water partition coefficient (Wildman–Crippen LogP) is 1.01. The lowest BCUT2D eigenvalue weighted by atomic mass is 9.66. The van der Waals surface area contributed by atoms with Gasteiger partial charge in [-0.25, -0.2) is 14.6 Å². The SMILES string of the molecule is CSc1ncc2c(=O)n(CC3(O)CCN(C=O)CC34CCCC4)n(C)c2n1. The fourth-order valence-electron chi connectivity index (χ4n) is 4.89. The van der Waals surface area contributed by atoms with Gasteiger partial charge in [0, 0.05) is 31.7 Å². The number of thioether (sulfide) groups is 1. The summed E-state index contributed by atoms with van der Waals surface area (Å²) in [6, 6.07) is 0. The van der Waals surface area contributed by atoms with E-state index in [2.05, 4.69) is 9.97 Å². The number of aromatic nitrogens is 4. The van der Waals surface area contributed by atoms with Crippen LogP contribution in [-0.4, -0.2) is 60.7 Å². The van der Waals surface area contributed by atoms with Gasteiger partial charge in [0.2, 0.25) is 6.41 Å². The predicted molar refractivity (Wildman–Crippen MR) is 103 cm³/mol. The molecule has 27 heavy (non-hydrogen) atoms. The molecule has 1 spiro atoms. The second-order valence-electron chi connectivity index (χ2n) is 7.83. The van der Waals surface area contributed by atoms with Crippen LogP contribution in [0.15, 0.2) is 16.1 Å². The lowest BCUT2D eigenvalue weighted by Gasteiger charge is -2.51. The molecule has 1 N–H and O–H groups in total. The number of aliphatic hydroxyl groups is 1. The molecule has 146 valence electrons. The number of nitrogens with zero attached hydrogens (tertiary/aromatic N) is 5. The Hall–Kier alpha value is -1.87. The zero-order valence-electron chi connectivity index (χ0n) is 15.7. The summed E-state index contributed by atoms with van der Waals surface area (Å²) in [6.45, 7) is 1.28. The van der Waals surface area contributed by atoms with Gasteiger partial charge in [-0.1, -0.05) is 24.6 Å². The second kappa shape index (κ2) is 6.63. The normalized spacial score (nSPS) is 24.8. The van der Waals surface area contributed by atoms with Gasteiger partial charge in [0.05, 0.1) is 12.1 Å². The molecule has 2 fully saturated rings. The molecule has 0 aromatic carbocycles. The number of hydrogen-bond donors (Lipinski definition) is 1. The van der Waals surface area contributed by atoms with Gasteiger partial charge in [-0.3, -0.25) is 14.3 Å². The highest BCUT2D eigenvalue weighted by atomic mass is 32.2. The van der Waals surface area contributed by atoms with Crippen molar-refractivity contribution >= 4 is 29.2 Å². The topological polar surface area (TPSA) is 93.3 Å². The van der Waals surface area contributed by atoms with Crippen molar-refractivity contribution in [3.63, 3.8) is 0 Å². The zero-order valence-corrected chi connectivity index (χ0v) is 16.5. The molecule has 1 unspecified atom stereocenters. The summed E-state index contributed by atoms with van der Waals surface area (Å²) in [4.78, 5) is 34.7. The molecule has 2 aromatic heterocycles. The highest BCUT2D eigenvalue weighted by molar-refractivity contribution is 7.98. The number of carbonyl (C=O) groups is 1. The summed E-state index contributed by atoms with van der Waals surface area (Å²) in [7, 11) is 1.80. The van der Waals surface area contributed by atoms with Gasteiger partial charge in [0.1, 0.15) is 5.39 Å². The van der Waals surface area contributed by atoms with Gasteiger partial charge in [0.15, 0.2) is 10.8 Å². The number of amides is 1. The van der Waals surface area contributed by atoms with Crippen molar-refractivity contribution < 1.29 is 9.90 Å². The van der Waals surface area contributed by atoms with Crippen LogP contribution in [0.2, 0.25) is 0 Å². The lowest BCUT2D eigenvalue weighted by Crippen LogP contribution is -2.61. The van der Waals surface area contributed by atoms with E-state index < -0.39 is 5.60 Å². The van der Waals surface area contributed by atoms with Crippen LogP contribution in [0.4, 0.5) is 0 Å².